The summed E-state index contributed by atoms with van der Waals surface area (Å²) in [5, 5.41) is 5.07. The van der Waals surface area contributed by atoms with Gasteiger partial charge in [0.05, 0.1) is 19.2 Å². The number of carbonyl (C=O) groups is 2. The molecule has 3 aromatic rings. The molecule has 2 aromatic carbocycles. The van der Waals surface area contributed by atoms with Crippen LogP contribution < -0.4 is 14.8 Å². The number of ether oxygens (including phenoxy) is 2. The summed E-state index contributed by atoms with van der Waals surface area (Å²) < 4.78 is 10.9. The van der Waals surface area contributed by atoms with Crippen molar-refractivity contribution in [1.82, 2.24) is 4.90 Å². The fourth-order valence-corrected chi connectivity index (χ4v) is 4.21. The Balaban J connectivity index is 1.50. The van der Waals surface area contributed by atoms with Crippen LogP contribution in [0.3, 0.4) is 0 Å². The first kappa shape index (κ1) is 21.6. The number of aryl methyl sites for hydroxylation is 1. The van der Waals surface area contributed by atoms with E-state index in [9.17, 15) is 9.59 Å². The third kappa shape index (κ3) is 4.53. The maximum absolute atomic E-state index is 13.2. The summed E-state index contributed by atoms with van der Waals surface area (Å²) in [6.07, 6.45) is 0.933. The Kier molecular flexibility index (Phi) is 6.56. The third-order valence-electron chi connectivity index (χ3n) is 5.21. The van der Waals surface area contributed by atoms with Crippen molar-refractivity contribution in [1.29, 1.82) is 0 Å². The van der Waals surface area contributed by atoms with Crippen molar-refractivity contribution in [2.24, 2.45) is 0 Å². The highest BCUT2D eigenvalue weighted by molar-refractivity contribution is 7.11. The number of methoxy groups -OCH3 is 1. The number of nitrogens with zero attached hydrogens (tertiary/aromatic N) is 1. The van der Waals surface area contributed by atoms with E-state index in [2.05, 4.69) is 12.2 Å². The summed E-state index contributed by atoms with van der Waals surface area (Å²) in [7, 11) is 1.60. The van der Waals surface area contributed by atoms with Gasteiger partial charge < -0.3 is 14.8 Å². The fraction of sp³-hybridized carbons (Fsp3) is 0.200. The average molecular weight is 449 g/mol. The van der Waals surface area contributed by atoms with E-state index in [0.717, 1.165) is 22.7 Å². The maximum Gasteiger partial charge on any atom is 0.278 e. The van der Waals surface area contributed by atoms with Crippen LogP contribution in [0.25, 0.3) is 5.57 Å². The third-order valence-corrected chi connectivity index (χ3v) is 6.10. The number of rotatable bonds is 9. The highest BCUT2D eigenvalue weighted by atomic mass is 32.1. The largest absolute Gasteiger partial charge is 0.497 e. The van der Waals surface area contributed by atoms with Crippen LogP contribution in [0.5, 0.6) is 11.5 Å². The second-order valence-electron chi connectivity index (χ2n) is 7.19. The van der Waals surface area contributed by atoms with Crippen LogP contribution in [0.1, 0.15) is 17.4 Å². The molecule has 1 aromatic heterocycles. The van der Waals surface area contributed by atoms with Gasteiger partial charge in [0, 0.05) is 10.6 Å². The molecule has 1 aliphatic rings. The van der Waals surface area contributed by atoms with Gasteiger partial charge >= 0.3 is 0 Å². The van der Waals surface area contributed by atoms with E-state index in [4.69, 9.17) is 9.47 Å². The van der Waals surface area contributed by atoms with Gasteiger partial charge in [-0.25, -0.2) is 0 Å². The smallest absolute Gasteiger partial charge is 0.278 e. The molecule has 0 bridgehead atoms. The molecule has 1 N–H and O–H groups in total. The van der Waals surface area contributed by atoms with Crippen molar-refractivity contribution >= 4 is 34.4 Å². The topological polar surface area (TPSA) is 67.9 Å². The van der Waals surface area contributed by atoms with Crippen LogP contribution >= 0.6 is 11.3 Å². The second-order valence-corrected chi connectivity index (χ2v) is 8.14. The van der Waals surface area contributed by atoms with Crippen LogP contribution in [0, 0.1) is 0 Å². The van der Waals surface area contributed by atoms with Gasteiger partial charge in [0.25, 0.3) is 11.8 Å². The van der Waals surface area contributed by atoms with E-state index in [0.29, 0.717) is 17.0 Å². The molecule has 164 valence electrons. The Morgan fingerprint density at radius 2 is 1.66 bits per heavy atom. The molecule has 2 heterocycles. The highest BCUT2D eigenvalue weighted by Crippen LogP contribution is 2.32. The SMILES string of the molecule is CCc1ccc(NC2=C(c3cccs3)C(=O)N(CCOc3ccc(OC)cc3)C2=O)cc1. The van der Waals surface area contributed by atoms with E-state index in [1.54, 1.807) is 31.4 Å². The summed E-state index contributed by atoms with van der Waals surface area (Å²) in [6, 6.07) is 18.7. The summed E-state index contributed by atoms with van der Waals surface area (Å²) in [6.45, 7) is 2.43. The van der Waals surface area contributed by atoms with Crippen molar-refractivity contribution in [3.05, 3.63) is 82.2 Å². The molecule has 0 saturated carbocycles. The predicted octanol–water partition coefficient (Wildman–Crippen LogP) is 4.59. The van der Waals surface area contributed by atoms with Crippen LogP contribution in [-0.2, 0) is 16.0 Å². The molecule has 4 rings (SSSR count). The van der Waals surface area contributed by atoms with Gasteiger partial charge in [-0.1, -0.05) is 25.1 Å². The fourth-order valence-electron chi connectivity index (χ4n) is 3.44. The first-order chi connectivity index (χ1) is 15.6. The standard InChI is InChI=1S/C25H24N2O4S/c1-3-17-6-8-18(9-7-17)26-23-22(21-5-4-16-32-21)24(28)27(25(23)29)14-15-31-20-12-10-19(30-2)11-13-20/h4-13,16,26H,3,14-15H2,1-2H3. The molecule has 0 fully saturated rings. The van der Waals surface area contributed by atoms with E-state index in [1.807, 2.05) is 41.8 Å². The number of carbonyl (C=O) groups excluding carboxylic acids is 2. The van der Waals surface area contributed by atoms with E-state index < -0.39 is 0 Å². The van der Waals surface area contributed by atoms with Crippen molar-refractivity contribution in [3.63, 3.8) is 0 Å². The maximum atomic E-state index is 13.2. The van der Waals surface area contributed by atoms with E-state index in [1.165, 1.54) is 21.8 Å². The number of amides is 2. The summed E-state index contributed by atoms with van der Waals surface area (Å²) in [4.78, 5) is 28.4. The van der Waals surface area contributed by atoms with Gasteiger partial charge in [-0.2, -0.15) is 0 Å². The number of imide groups is 1. The van der Waals surface area contributed by atoms with Crippen molar-refractivity contribution < 1.29 is 19.1 Å². The molecule has 0 atom stereocenters. The number of hydrogen-bond acceptors (Lipinski definition) is 6. The average Bonchev–Trinajstić information content (AvgIpc) is 3.43. The van der Waals surface area contributed by atoms with Gasteiger partial charge in [0.1, 0.15) is 23.8 Å². The monoisotopic (exact) mass is 448 g/mol. The molecule has 6 nitrogen and oxygen atoms in total. The lowest BCUT2D eigenvalue weighted by molar-refractivity contribution is -0.137. The Bertz CT molecular complexity index is 1120. The minimum Gasteiger partial charge on any atom is -0.497 e. The van der Waals surface area contributed by atoms with Crippen molar-refractivity contribution in [2.45, 2.75) is 13.3 Å². The van der Waals surface area contributed by atoms with E-state index >= 15 is 0 Å². The Hall–Kier alpha value is -3.58. The Morgan fingerprint density at radius 3 is 2.28 bits per heavy atom. The van der Waals surface area contributed by atoms with Crippen molar-refractivity contribution in [3.8, 4) is 11.5 Å². The molecule has 0 aliphatic carbocycles. The molecule has 7 heteroatoms. The molecular weight excluding hydrogens is 424 g/mol. The summed E-state index contributed by atoms with van der Waals surface area (Å²) >= 11 is 1.43. The zero-order valence-electron chi connectivity index (χ0n) is 18.0. The van der Waals surface area contributed by atoms with E-state index in [-0.39, 0.29) is 25.0 Å². The number of benzene rings is 2. The lowest BCUT2D eigenvalue weighted by Crippen LogP contribution is -2.35. The van der Waals surface area contributed by atoms with Crippen LogP contribution in [-0.4, -0.2) is 37.0 Å². The predicted molar refractivity (Wildman–Crippen MR) is 126 cm³/mol. The number of nitrogens with one attached hydrogen (secondary N) is 1. The quantitative estimate of drug-likeness (QED) is 0.485. The van der Waals surface area contributed by atoms with Gasteiger partial charge in [-0.3, -0.25) is 14.5 Å². The second kappa shape index (κ2) is 9.70. The van der Waals surface area contributed by atoms with Crippen LogP contribution in [0.4, 0.5) is 5.69 Å². The zero-order valence-corrected chi connectivity index (χ0v) is 18.8. The summed E-state index contributed by atoms with van der Waals surface area (Å²) in [5.74, 6) is 0.708. The zero-order chi connectivity index (χ0) is 22.5. The molecule has 0 spiro atoms. The number of anilines is 1. The lowest BCUT2D eigenvalue weighted by Gasteiger charge is -2.16. The molecule has 32 heavy (non-hydrogen) atoms. The molecule has 1 aliphatic heterocycles. The van der Waals surface area contributed by atoms with Crippen molar-refractivity contribution in [2.75, 3.05) is 25.6 Å². The van der Waals surface area contributed by atoms with Gasteiger partial charge in [-0.15, -0.1) is 11.3 Å². The molecule has 0 saturated heterocycles. The summed E-state index contributed by atoms with van der Waals surface area (Å²) in [5.41, 5.74) is 2.66. The van der Waals surface area contributed by atoms with Gasteiger partial charge in [0.2, 0.25) is 0 Å². The normalized spacial score (nSPS) is 13.6. The van der Waals surface area contributed by atoms with Crippen LogP contribution in [0.2, 0.25) is 0 Å². The van der Waals surface area contributed by atoms with Gasteiger partial charge in [0.15, 0.2) is 0 Å². The molecule has 0 radical (unpaired) electrons. The highest BCUT2D eigenvalue weighted by Gasteiger charge is 2.39. The lowest BCUT2D eigenvalue weighted by atomic mass is 10.1. The molecule has 2 amide bonds. The number of hydrogen-bond donors (Lipinski definition) is 1. The van der Waals surface area contributed by atoms with Crippen LogP contribution in [0.15, 0.2) is 71.7 Å². The first-order valence-corrected chi connectivity index (χ1v) is 11.3. The first-order valence-electron chi connectivity index (χ1n) is 10.4. The van der Waals surface area contributed by atoms with Gasteiger partial charge in [-0.05, 0) is 59.8 Å². The molecular formula is C25H24N2O4S. The Labute approximate surface area is 191 Å². The Morgan fingerprint density at radius 1 is 0.938 bits per heavy atom. The molecule has 0 unspecified atom stereocenters. The minimum absolute atomic E-state index is 0.151. The minimum atomic E-state index is -0.351. The number of thiophene rings is 1.